The summed E-state index contributed by atoms with van der Waals surface area (Å²) in [5, 5.41) is 16.8. The van der Waals surface area contributed by atoms with Gasteiger partial charge in [0.1, 0.15) is 17.2 Å². The third-order valence-electron chi connectivity index (χ3n) is 10.3. The van der Waals surface area contributed by atoms with Crippen molar-refractivity contribution in [1.82, 2.24) is 39.7 Å². The second kappa shape index (κ2) is 14.0. The molecular formula is C36H43B2N13O2. The van der Waals surface area contributed by atoms with Crippen LogP contribution in [0.4, 0.5) is 17.2 Å². The maximum absolute atomic E-state index is 13.0. The fraction of sp³-hybridized carbons (Fsp3) is 0.361. The number of nitrogens with zero attached hydrogens (tertiary/aromatic N) is 8. The van der Waals surface area contributed by atoms with Crippen LogP contribution in [0.1, 0.15) is 53.7 Å². The standard InChI is InChI=1S/C36H43B2N13O2/c1-21-32-24(18-42-51(32)22-19-50(20-22)36(37,38)28-12-8-11-26(44-28)35(53)49-14-5-6-15-49)23-9-7-10-25(33(23)48(21)4)43-27(31(40)34(52)41-2)17-29(39)45-30-13-16-47(3)46-30/h7-13,16-18,21-22,43H,5-6,14-15,19-20,39-40H2,1-4H3,(H,41,52)(H,45,46)/b29-17+,31-27+. The number of likely N-dealkylation sites (N-methyl/N-ethyl adjacent to an activating group) is 1. The number of nitrogens with two attached hydrogens (primary N) is 2. The lowest BCUT2D eigenvalue weighted by atomic mass is 9.57. The topological polar surface area (TPSA) is 181 Å². The van der Waals surface area contributed by atoms with Crippen molar-refractivity contribution in [1.29, 1.82) is 0 Å². The fourth-order valence-electron chi connectivity index (χ4n) is 7.24. The highest BCUT2D eigenvalue weighted by Gasteiger charge is 2.42. The van der Waals surface area contributed by atoms with E-state index in [-0.39, 0.29) is 29.5 Å². The molecule has 1 atom stereocenters. The average Bonchev–Trinajstić information content (AvgIpc) is 3.91. The van der Waals surface area contributed by atoms with Gasteiger partial charge >= 0.3 is 0 Å². The number of aryl methyl sites for hydroxylation is 1. The minimum absolute atomic E-state index is 0.0138. The first-order valence-corrected chi connectivity index (χ1v) is 17.6. The first kappa shape index (κ1) is 35.7. The molecule has 1 unspecified atom stereocenters. The zero-order valence-electron chi connectivity index (χ0n) is 30.4. The molecule has 17 heteroatoms. The summed E-state index contributed by atoms with van der Waals surface area (Å²) in [5.41, 5.74) is 18.4. The number of carbonyl (C=O) groups excluding carboxylic acids is 2. The molecule has 2 saturated heterocycles. The van der Waals surface area contributed by atoms with Gasteiger partial charge in [-0.25, -0.2) is 4.98 Å². The average molecular weight is 711 g/mol. The van der Waals surface area contributed by atoms with Crippen LogP contribution in [0.25, 0.3) is 11.1 Å². The number of hydrogen-bond donors (Lipinski definition) is 5. The number of para-hydroxylation sites is 1. The number of rotatable bonds is 10. The van der Waals surface area contributed by atoms with Crippen molar-refractivity contribution in [2.75, 3.05) is 55.8 Å². The van der Waals surface area contributed by atoms with Gasteiger partial charge in [-0.2, -0.15) is 10.2 Å². The Labute approximate surface area is 311 Å². The molecule has 1 aromatic carbocycles. The van der Waals surface area contributed by atoms with E-state index in [0.29, 0.717) is 36.0 Å². The van der Waals surface area contributed by atoms with E-state index in [1.54, 1.807) is 48.3 Å². The summed E-state index contributed by atoms with van der Waals surface area (Å²) in [4.78, 5) is 36.3. The van der Waals surface area contributed by atoms with Gasteiger partial charge in [-0.15, -0.1) is 0 Å². The molecule has 6 heterocycles. The van der Waals surface area contributed by atoms with Crippen molar-refractivity contribution in [3.8, 4) is 11.1 Å². The van der Waals surface area contributed by atoms with E-state index in [0.717, 1.165) is 54.1 Å². The number of amides is 2. The normalized spacial score (nSPS) is 18.2. The fourth-order valence-corrected chi connectivity index (χ4v) is 7.24. The van der Waals surface area contributed by atoms with Gasteiger partial charge in [0.2, 0.25) is 0 Å². The third kappa shape index (κ3) is 6.60. The highest BCUT2D eigenvalue weighted by atomic mass is 16.2. The Kier molecular flexibility index (Phi) is 9.45. The van der Waals surface area contributed by atoms with Gasteiger partial charge in [0, 0.05) is 82.5 Å². The summed E-state index contributed by atoms with van der Waals surface area (Å²) in [6.07, 6.45) is 7.25. The van der Waals surface area contributed by atoms with Crippen LogP contribution in [0, 0.1) is 0 Å². The molecule has 4 radical (unpaired) electrons. The van der Waals surface area contributed by atoms with Crippen molar-refractivity contribution in [3.63, 3.8) is 0 Å². The van der Waals surface area contributed by atoms with Gasteiger partial charge in [0.25, 0.3) is 11.8 Å². The second-order valence-corrected chi connectivity index (χ2v) is 13.8. The molecular weight excluding hydrogens is 668 g/mol. The number of hydrogen-bond acceptors (Lipinski definition) is 11. The summed E-state index contributed by atoms with van der Waals surface area (Å²) >= 11 is 0. The zero-order valence-corrected chi connectivity index (χ0v) is 30.4. The smallest absolute Gasteiger partial charge is 0.272 e. The molecule has 15 nitrogen and oxygen atoms in total. The highest BCUT2D eigenvalue weighted by molar-refractivity contribution is 6.39. The lowest BCUT2D eigenvalue weighted by Gasteiger charge is -2.50. The second-order valence-electron chi connectivity index (χ2n) is 13.8. The summed E-state index contributed by atoms with van der Waals surface area (Å²) < 4.78 is 3.71. The monoisotopic (exact) mass is 711 g/mol. The van der Waals surface area contributed by atoms with Crippen LogP contribution in [0.15, 0.2) is 78.1 Å². The van der Waals surface area contributed by atoms with Crippen LogP contribution in [-0.2, 0) is 17.2 Å². The van der Waals surface area contributed by atoms with E-state index >= 15 is 0 Å². The summed E-state index contributed by atoms with van der Waals surface area (Å²) in [5.74, 6) is 0.225. The minimum atomic E-state index is -1.37. The number of fused-ring (bicyclic) bond motifs is 3. The van der Waals surface area contributed by atoms with Gasteiger partial charge in [-0.05, 0) is 43.3 Å². The molecule has 53 heavy (non-hydrogen) atoms. The van der Waals surface area contributed by atoms with Gasteiger partial charge < -0.3 is 42.1 Å². The number of anilines is 3. The van der Waals surface area contributed by atoms with Crippen LogP contribution in [-0.4, -0.2) is 102 Å². The Morgan fingerprint density at radius 3 is 2.43 bits per heavy atom. The Morgan fingerprint density at radius 1 is 1.00 bits per heavy atom. The highest BCUT2D eigenvalue weighted by Crippen LogP contribution is 2.49. The number of pyridine rings is 1. The number of carbonyl (C=O) groups is 2. The zero-order chi connectivity index (χ0) is 37.6. The molecule has 0 bridgehead atoms. The van der Waals surface area contributed by atoms with E-state index < -0.39 is 11.2 Å². The molecule has 4 aromatic rings. The Morgan fingerprint density at radius 2 is 1.74 bits per heavy atom. The first-order valence-electron chi connectivity index (χ1n) is 17.6. The van der Waals surface area contributed by atoms with Crippen molar-refractivity contribution in [3.05, 3.63) is 95.2 Å². The van der Waals surface area contributed by atoms with Gasteiger partial charge in [0.15, 0.2) is 5.82 Å². The van der Waals surface area contributed by atoms with E-state index in [1.165, 1.54) is 7.05 Å². The van der Waals surface area contributed by atoms with Crippen molar-refractivity contribution in [2.24, 2.45) is 18.5 Å². The molecule has 2 fully saturated rings. The van der Waals surface area contributed by atoms with Crippen LogP contribution >= 0.6 is 0 Å². The van der Waals surface area contributed by atoms with Crippen molar-refractivity contribution >= 4 is 44.7 Å². The largest absolute Gasteiger partial charge is 0.393 e. The van der Waals surface area contributed by atoms with E-state index in [9.17, 15) is 9.59 Å². The molecule has 3 aromatic heterocycles. The lowest BCUT2D eigenvalue weighted by Crippen LogP contribution is -2.60. The number of aromatic nitrogens is 5. The Hall–Kier alpha value is -5.70. The maximum Gasteiger partial charge on any atom is 0.272 e. The number of allylic oxidation sites excluding steroid dienone is 1. The number of benzene rings is 1. The van der Waals surface area contributed by atoms with E-state index in [4.69, 9.17) is 32.3 Å². The predicted octanol–water partition coefficient (Wildman–Crippen LogP) is 1.67. The third-order valence-corrected chi connectivity index (χ3v) is 10.3. The van der Waals surface area contributed by atoms with Gasteiger partial charge in [-0.3, -0.25) is 19.0 Å². The molecule has 3 aliphatic heterocycles. The summed E-state index contributed by atoms with van der Waals surface area (Å²) in [6.45, 7) is 4.69. The first-order chi connectivity index (χ1) is 25.4. The Bertz CT molecular complexity index is 2110. The molecule has 7 rings (SSSR count). The van der Waals surface area contributed by atoms with Crippen molar-refractivity contribution in [2.45, 2.75) is 37.2 Å². The minimum Gasteiger partial charge on any atom is -0.393 e. The van der Waals surface area contributed by atoms with E-state index in [2.05, 4.69) is 42.5 Å². The van der Waals surface area contributed by atoms with Crippen molar-refractivity contribution < 1.29 is 9.59 Å². The molecule has 7 N–H and O–H groups in total. The predicted molar refractivity (Wildman–Crippen MR) is 206 cm³/mol. The number of likely N-dealkylation sites (tertiary alicyclic amines) is 2. The number of nitrogens with one attached hydrogen (secondary N) is 3. The van der Waals surface area contributed by atoms with Crippen LogP contribution in [0.5, 0.6) is 0 Å². The van der Waals surface area contributed by atoms with E-state index in [1.807, 2.05) is 41.2 Å². The molecule has 0 saturated carbocycles. The molecule has 2 amide bonds. The molecule has 3 aliphatic rings. The van der Waals surface area contributed by atoms with Gasteiger partial charge in [0.05, 0.1) is 56.7 Å². The van der Waals surface area contributed by atoms with Crippen LogP contribution in [0.2, 0.25) is 0 Å². The molecule has 0 aliphatic carbocycles. The quantitative estimate of drug-likeness (QED) is 0.0918. The maximum atomic E-state index is 13.0. The van der Waals surface area contributed by atoms with Crippen LogP contribution < -0.4 is 32.3 Å². The molecule has 270 valence electrons. The summed E-state index contributed by atoms with van der Waals surface area (Å²) in [6, 6.07) is 12.9. The van der Waals surface area contributed by atoms with Crippen LogP contribution in [0.3, 0.4) is 0 Å². The SMILES string of the molecule is [B]C([B])(c1cccc(C(=O)N2CCCC2)n1)N1CC(n2ncc3c2C(C)N(C)c2c(NC(/C=C(\N)Nc4ccn(C)n4)=C(/N)C(=O)NC)cccc2-3)C1. The summed E-state index contributed by atoms with van der Waals surface area (Å²) in [7, 11) is 18.8. The Balaban J connectivity index is 1.13. The van der Waals surface area contributed by atoms with Gasteiger partial charge in [-0.1, -0.05) is 18.2 Å². The lowest BCUT2D eigenvalue weighted by molar-refractivity contribution is -0.117. The molecule has 0 spiro atoms.